The highest BCUT2D eigenvalue weighted by Gasteiger charge is 2.28. The Hall–Kier alpha value is -2.42. The summed E-state index contributed by atoms with van der Waals surface area (Å²) in [5.74, 6) is 0.147. The first-order valence-electron chi connectivity index (χ1n) is 13.0. The van der Waals surface area contributed by atoms with Crippen LogP contribution in [0.15, 0.2) is 53.4 Å². The predicted octanol–water partition coefficient (Wildman–Crippen LogP) is 4.64. The van der Waals surface area contributed by atoms with Gasteiger partial charge in [0.2, 0.25) is 21.8 Å². The largest absolute Gasteiger partial charge is 0.354 e. The van der Waals surface area contributed by atoms with Crippen molar-refractivity contribution in [3.8, 4) is 0 Å². The SMILES string of the molecule is CC(C)CCNC(=O)C(C)N(Cc1ccc(Cl)cc1)C(=O)CCc1ccc(S(=O)(=O)N2CCCC2)cc1. The minimum absolute atomic E-state index is 0.143. The van der Waals surface area contributed by atoms with Gasteiger partial charge in [-0.2, -0.15) is 4.31 Å². The van der Waals surface area contributed by atoms with E-state index in [0.29, 0.717) is 43.5 Å². The zero-order valence-corrected chi connectivity index (χ0v) is 23.5. The molecule has 2 aromatic rings. The molecule has 3 rings (SSSR count). The number of hydrogen-bond donors (Lipinski definition) is 1. The maximum absolute atomic E-state index is 13.3. The molecule has 1 atom stereocenters. The third kappa shape index (κ3) is 8.28. The third-order valence-corrected chi connectivity index (χ3v) is 8.87. The van der Waals surface area contributed by atoms with Gasteiger partial charge in [0.25, 0.3) is 0 Å². The van der Waals surface area contributed by atoms with Crippen molar-refractivity contribution >= 4 is 33.4 Å². The lowest BCUT2D eigenvalue weighted by molar-refractivity contribution is -0.140. The predicted molar refractivity (Wildman–Crippen MR) is 147 cm³/mol. The number of halogens is 1. The quantitative estimate of drug-likeness (QED) is 0.419. The van der Waals surface area contributed by atoms with Crippen molar-refractivity contribution in [2.45, 2.75) is 70.4 Å². The summed E-state index contributed by atoms with van der Waals surface area (Å²) in [5.41, 5.74) is 1.75. The van der Waals surface area contributed by atoms with Gasteiger partial charge in [-0.25, -0.2) is 8.42 Å². The first kappa shape index (κ1) is 29.1. The number of carbonyl (C=O) groups excluding carboxylic acids is 2. The molecule has 9 heteroatoms. The molecule has 2 amide bonds. The Labute approximate surface area is 226 Å². The Morgan fingerprint density at radius 1 is 0.973 bits per heavy atom. The van der Waals surface area contributed by atoms with E-state index in [4.69, 9.17) is 11.6 Å². The van der Waals surface area contributed by atoms with Crippen molar-refractivity contribution in [1.82, 2.24) is 14.5 Å². The summed E-state index contributed by atoms with van der Waals surface area (Å²) in [5, 5.41) is 3.55. The second kappa shape index (κ2) is 13.4. The number of nitrogens with zero attached hydrogens (tertiary/aromatic N) is 2. The van der Waals surface area contributed by atoms with E-state index < -0.39 is 16.1 Å². The average molecular weight is 548 g/mol. The Morgan fingerprint density at radius 3 is 2.16 bits per heavy atom. The highest BCUT2D eigenvalue weighted by Crippen LogP contribution is 2.22. The summed E-state index contributed by atoms with van der Waals surface area (Å²) in [4.78, 5) is 28.1. The molecule has 0 radical (unpaired) electrons. The van der Waals surface area contributed by atoms with Crippen molar-refractivity contribution in [3.63, 3.8) is 0 Å². The standard InChI is InChI=1S/C28H38ClN3O4S/c1-21(2)16-17-30-28(34)22(3)32(20-24-6-11-25(29)12-7-24)27(33)15-10-23-8-13-26(14-9-23)37(35,36)31-18-4-5-19-31/h6-9,11-14,21-22H,4-5,10,15-20H2,1-3H3,(H,30,34). The summed E-state index contributed by atoms with van der Waals surface area (Å²) < 4.78 is 27.1. The second-order valence-corrected chi connectivity index (χ2v) is 12.4. The van der Waals surface area contributed by atoms with E-state index >= 15 is 0 Å². The second-order valence-electron chi connectivity index (χ2n) is 10.1. The van der Waals surface area contributed by atoms with Crippen molar-refractivity contribution < 1.29 is 18.0 Å². The first-order chi connectivity index (χ1) is 17.6. The number of aryl methyl sites for hydroxylation is 1. The Kier molecular flexibility index (Phi) is 10.6. The number of benzene rings is 2. The molecule has 0 aromatic heterocycles. The molecule has 1 aliphatic rings. The van der Waals surface area contributed by atoms with Crippen molar-refractivity contribution in [1.29, 1.82) is 0 Å². The van der Waals surface area contributed by atoms with E-state index in [-0.39, 0.29) is 23.1 Å². The van der Waals surface area contributed by atoms with E-state index in [0.717, 1.165) is 30.4 Å². The van der Waals surface area contributed by atoms with Gasteiger partial charge in [-0.05, 0) is 73.9 Å². The van der Waals surface area contributed by atoms with Crippen LogP contribution in [0.2, 0.25) is 5.02 Å². The minimum atomic E-state index is -3.47. The van der Waals surface area contributed by atoms with Gasteiger partial charge >= 0.3 is 0 Å². The van der Waals surface area contributed by atoms with Crippen LogP contribution in [-0.2, 0) is 32.6 Å². The van der Waals surface area contributed by atoms with E-state index in [2.05, 4.69) is 19.2 Å². The summed E-state index contributed by atoms with van der Waals surface area (Å²) in [6, 6.07) is 13.4. The fourth-order valence-electron chi connectivity index (χ4n) is 4.30. The van der Waals surface area contributed by atoms with E-state index in [9.17, 15) is 18.0 Å². The van der Waals surface area contributed by atoms with E-state index in [1.54, 1.807) is 48.2 Å². The first-order valence-corrected chi connectivity index (χ1v) is 14.8. The van der Waals surface area contributed by atoms with Crippen LogP contribution in [-0.4, -0.2) is 55.1 Å². The van der Waals surface area contributed by atoms with Crippen molar-refractivity contribution in [2.75, 3.05) is 19.6 Å². The Bertz CT molecular complexity index is 1140. The van der Waals surface area contributed by atoms with Crippen molar-refractivity contribution in [2.24, 2.45) is 5.92 Å². The molecule has 0 spiro atoms. The zero-order chi connectivity index (χ0) is 27.0. The Morgan fingerprint density at radius 2 is 1.57 bits per heavy atom. The number of hydrogen-bond acceptors (Lipinski definition) is 4. The van der Waals surface area contributed by atoms with E-state index in [1.807, 2.05) is 12.1 Å². The maximum Gasteiger partial charge on any atom is 0.243 e. The van der Waals surface area contributed by atoms with Crippen LogP contribution in [0, 0.1) is 5.92 Å². The van der Waals surface area contributed by atoms with Gasteiger partial charge in [-0.1, -0.05) is 49.7 Å². The normalized spacial score (nSPS) is 15.1. The van der Waals surface area contributed by atoms with Crippen LogP contribution in [0.1, 0.15) is 57.6 Å². The number of rotatable bonds is 12. The number of carbonyl (C=O) groups is 2. The third-order valence-electron chi connectivity index (χ3n) is 6.71. The molecule has 2 aromatic carbocycles. The van der Waals surface area contributed by atoms with Crippen LogP contribution < -0.4 is 5.32 Å². The minimum Gasteiger partial charge on any atom is -0.354 e. The van der Waals surface area contributed by atoms with Gasteiger partial charge in [-0.15, -0.1) is 0 Å². The number of nitrogens with one attached hydrogen (secondary N) is 1. The molecule has 1 aliphatic heterocycles. The van der Waals surface area contributed by atoms with Gasteiger partial charge in [0.05, 0.1) is 4.90 Å². The van der Waals surface area contributed by atoms with Crippen LogP contribution in [0.25, 0.3) is 0 Å². The van der Waals surface area contributed by atoms with Gasteiger partial charge in [-0.3, -0.25) is 9.59 Å². The molecule has 0 bridgehead atoms. The summed E-state index contributed by atoms with van der Waals surface area (Å²) in [6.07, 6.45) is 3.30. The molecule has 37 heavy (non-hydrogen) atoms. The highest BCUT2D eigenvalue weighted by atomic mass is 35.5. The summed E-state index contributed by atoms with van der Waals surface area (Å²) in [6.45, 7) is 7.92. The van der Waals surface area contributed by atoms with Gasteiger partial charge in [0, 0.05) is 37.6 Å². The summed E-state index contributed by atoms with van der Waals surface area (Å²) in [7, 11) is -3.47. The number of amides is 2. The van der Waals surface area contributed by atoms with Crippen molar-refractivity contribution in [3.05, 3.63) is 64.7 Å². The molecule has 0 saturated carbocycles. The molecule has 0 aliphatic carbocycles. The summed E-state index contributed by atoms with van der Waals surface area (Å²) >= 11 is 6.02. The smallest absolute Gasteiger partial charge is 0.243 e. The zero-order valence-electron chi connectivity index (χ0n) is 22.0. The molecular weight excluding hydrogens is 510 g/mol. The lowest BCUT2D eigenvalue weighted by atomic mass is 10.1. The molecule has 1 fully saturated rings. The Balaban J connectivity index is 1.67. The van der Waals surface area contributed by atoms with Gasteiger partial charge < -0.3 is 10.2 Å². The highest BCUT2D eigenvalue weighted by molar-refractivity contribution is 7.89. The molecule has 1 saturated heterocycles. The lowest BCUT2D eigenvalue weighted by Crippen LogP contribution is -2.48. The number of sulfonamides is 1. The molecule has 1 N–H and O–H groups in total. The fraction of sp³-hybridized carbons (Fsp3) is 0.500. The van der Waals surface area contributed by atoms with Gasteiger partial charge in [0.1, 0.15) is 6.04 Å². The fourth-order valence-corrected chi connectivity index (χ4v) is 5.94. The lowest BCUT2D eigenvalue weighted by Gasteiger charge is -2.29. The maximum atomic E-state index is 13.3. The monoisotopic (exact) mass is 547 g/mol. The topological polar surface area (TPSA) is 86.8 Å². The van der Waals surface area contributed by atoms with Crippen LogP contribution >= 0.6 is 11.6 Å². The van der Waals surface area contributed by atoms with Crippen LogP contribution in [0.4, 0.5) is 0 Å². The average Bonchev–Trinajstić information content (AvgIpc) is 3.43. The van der Waals surface area contributed by atoms with Gasteiger partial charge in [0.15, 0.2) is 0 Å². The van der Waals surface area contributed by atoms with Crippen LogP contribution in [0.5, 0.6) is 0 Å². The molecule has 202 valence electrons. The molecular formula is C28H38ClN3O4S. The molecule has 1 heterocycles. The molecule has 7 nitrogen and oxygen atoms in total. The van der Waals surface area contributed by atoms with E-state index in [1.165, 1.54) is 4.31 Å². The molecule has 1 unspecified atom stereocenters. The van der Waals surface area contributed by atoms with Crippen LogP contribution in [0.3, 0.4) is 0 Å².